The molecule has 1 aliphatic rings. The molecule has 1 atom stereocenters. The SMILES string of the molecule is c1ccc(CC2(c3ccccc3)c3ccccc3-c3nccn32)cc1. The summed E-state index contributed by atoms with van der Waals surface area (Å²) >= 11 is 0. The quantitative estimate of drug-likeness (QED) is 0.525. The first-order valence-corrected chi connectivity index (χ1v) is 8.63. The minimum Gasteiger partial charge on any atom is -0.316 e. The molecule has 1 unspecified atom stereocenters. The highest BCUT2D eigenvalue weighted by Crippen LogP contribution is 2.48. The Kier molecular flexibility index (Phi) is 3.10. The third kappa shape index (κ3) is 2.01. The zero-order chi connectivity index (χ0) is 16.7. The summed E-state index contributed by atoms with van der Waals surface area (Å²) in [7, 11) is 0. The lowest BCUT2D eigenvalue weighted by atomic mass is 9.78. The van der Waals surface area contributed by atoms with Crippen LogP contribution in [0.1, 0.15) is 16.7 Å². The first kappa shape index (κ1) is 14.2. The monoisotopic (exact) mass is 322 g/mol. The maximum Gasteiger partial charge on any atom is 0.141 e. The zero-order valence-electron chi connectivity index (χ0n) is 13.8. The summed E-state index contributed by atoms with van der Waals surface area (Å²) in [6, 6.07) is 30.2. The van der Waals surface area contributed by atoms with Crippen LogP contribution in [0.5, 0.6) is 0 Å². The van der Waals surface area contributed by atoms with E-state index in [1.54, 1.807) is 0 Å². The van der Waals surface area contributed by atoms with Gasteiger partial charge in [0, 0.05) is 24.4 Å². The van der Waals surface area contributed by atoms with Crippen molar-refractivity contribution >= 4 is 0 Å². The van der Waals surface area contributed by atoms with Crippen LogP contribution in [0.15, 0.2) is 97.3 Å². The molecule has 0 fully saturated rings. The number of hydrogen-bond acceptors (Lipinski definition) is 1. The molecule has 25 heavy (non-hydrogen) atoms. The fourth-order valence-electron chi connectivity index (χ4n) is 4.16. The number of fused-ring (bicyclic) bond motifs is 3. The summed E-state index contributed by atoms with van der Waals surface area (Å²) in [6.45, 7) is 0. The largest absolute Gasteiger partial charge is 0.316 e. The Labute approximate surface area is 147 Å². The molecule has 2 heterocycles. The average Bonchev–Trinajstić information content (AvgIpc) is 3.26. The Morgan fingerprint density at radius 3 is 2.24 bits per heavy atom. The Hall–Kier alpha value is -3.13. The van der Waals surface area contributed by atoms with E-state index < -0.39 is 0 Å². The van der Waals surface area contributed by atoms with Crippen LogP contribution in [0.4, 0.5) is 0 Å². The van der Waals surface area contributed by atoms with Gasteiger partial charge in [-0.2, -0.15) is 0 Å². The van der Waals surface area contributed by atoms with E-state index in [2.05, 4.69) is 101 Å². The van der Waals surface area contributed by atoms with Gasteiger partial charge in [-0.3, -0.25) is 0 Å². The lowest BCUT2D eigenvalue weighted by Crippen LogP contribution is -2.35. The van der Waals surface area contributed by atoms with Crippen LogP contribution in [-0.2, 0) is 12.0 Å². The van der Waals surface area contributed by atoms with Gasteiger partial charge in [-0.15, -0.1) is 0 Å². The van der Waals surface area contributed by atoms with Gasteiger partial charge >= 0.3 is 0 Å². The molecule has 0 saturated heterocycles. The second-order valence-corrected chi connectivity index (χ2v) is 6.56. The van der Waals surface area contributed by atoms with E-state index in [1.165, 1.54) is 22.3 Å². The Balaban J connectivity index is 1.83. The highest BCUT2D eigenvalue weighted by molar-refractivity contribution is 5.71. The molecule has 3 aromatic carbocycles. The lowest BCUT2D eigenvalue weighted by Gasteiger charge is -2.34. The molecule has 5 rings (SSSR count). The van der Waals surface area contributed by atoms with Crippen LogP contribution in [0.3, 0.4) is 0 Å². The molecule has 1 aliphatic heterocycles. The smallest absolute Gasteiger partial charge is 0.141 e. The van der Waals surface area contributed by atoms with Gasteiger partial charge in [-0.25, -0.2) is 4.98 Å². The van der Waals surface area contributed by atoms with E-state index in [1.807, 2.05) is 6.20 Å². The number of hydrogen-bond donors (Lipinski definition) is 0. The predicted octanol–water partition coefficient (Wildman–Crippen LogP) is 4.90. The molecule has 0 saturated carbocycles. The fraction of sp³-hybridized carbons (Fsp3) is 0.0870. The maximum absolute atomic E-state index is 4.66. The Bertz CT molecular complexity index is 1020. The molecule has 1 aromatic heterocycles. The third-order valence-electron chi connectivity index (χ3n) is 5.22. The van der Waals surface area contributed by atoms with Crippen molar-refractivity contribution in [1.29, 1.82) is 0 Å². The van der Waals surface area contributed by atoms with Gasteiger partial charge in [0.25, 0.3) is 0 Å². The summed E-state index contributed by atoms with van der Waals surface area (Å²) in [4.78, 5) is 4.66. The van der Waals surface area contributed by atoms with Crippen molar-refractivity contribution in [3.05, 3.63) is 114 Å². The standard InChI is InChI=1S/C23H18N2/c1-3-9-18(10-4-1)17-23(19-11-5-2-6-12-19)21-14-8-7-13-20(21)22-24-15-16-25(22)23/h1-16H,17H2. The van der Waals surface area contributed by atoms with Gasteiger partial charge in [-0.05, 0) is 16.7 Å². The third-order valence-corrected chi connectivity index (χ3v) is 5.22. The number of benzene rings is 3. The van der Waals surface area contributed by atoms with Crippen LogP contribution in [0.25, 0.3) is 11.4 Å². The van der Waals surface area contributed by atoms with Crippen LogP contribution >= 0.6 is 0 Å². The number of imidazole rings is 1. The van der Waals surface area contributed by atoms with E-state index in [4.69, 9.17) is 0 Å². The van der Waals surface area contributed by atoms with Crippen LogP contribution < -0.4 is 0 Å². The number of aromatic nitrogens is 2. The molecule has 0 spiro atoms. The molecule has 120 valence electrons. The van der Waals surface area contributed by atoms with Crippen molar-refractivity contribution in [3.63, 3.8) is 0 Å². The molecule has 4 aromatic rings. The Morgan fingerprint density at radius 1 is 0.760 bits per heavy atom. The maximum atomic E-state index is 4.66. The van der Waals surface area contributed by atoms with Crippen molar-refractivity contribution < 1.29 is 0 Å². The van der Waals surface area contributed by atoms with Crippen LogP contribution in [0, 0.1) is 0 Å². The van der Waals surface area contributed by atoms with Gasteiger partial charge in [0.05, 0.1) is 0 Å². The van der Waals surface area contributed by atoms with Crippen molar-refractivity contribution in [2.24, 2.45) is 0 Å². The molecular weight excluding hydrogens is 304 g/mol. The molecule has 0 bridgehead atoms. The highest BCUT2D eigenvalue weighted by atomic mass is 15.2. The zero-order valence-corrected chi connectivity index (χ0v) is 13.8. The summed E-state index contributed by atoms with van der Waals surface area (Å²) < 4.78 is 2.35. The van der Waals surface area contributed by atoms with Crippen LogP contribution in [0.2, 0.25) is 0 Å². The fourth-order valence-corrected chi connectivity index (χ4v) is 4.16. The minimum absolute atomic E-state index is 0.259. The summed E-state index contributed by atoms with van der Waals surface area (Å²) in [5.74, 6) is 1.05. The summed E-state index contributed by atoms with van der Waals surface area (Å²) in [5.41, 5.74) is 4.91. The first-order valence-electron chi connectivity index (χ1n) is 8.63. The molecule has 2 nitrogen and oxygen atoms in total. The van der Waals surface area contributed by atoms with Gasteiger partial charge in [0.15, 0.2) is 0 Å². The van der Waals surface area contributed by atoms with E-state index in [0.717, 1.165) is 12.2 Å². The molecule has 0 aliphatic carbocycles. The van der Waals surface area contributed by atoms with Crippen molar-refractivity contribution in [2.75, 3.05) is 0 Å². The van der Waals surface area contributed by atoms with Gasteiger partial charge in [-0.1, -0.05) is 84.9 Å². The van der Waals surface area contributed by atoms with Gasteiger partial charge < -0.3 is 4.57 Å². The normalized spacial score (nSPS) is 17.9. The molecule has 2 heteroatoms. The molecule has 0 N–H and O–H groups in total. The number of rotatable bonds is 3. The van der Waals surface area contributed by atoms with Crippen molar-refractivity contribution in [3.8, 4) is 11.4 Å². The lowest BCUT2D eigenvalue weighted by molar-refractivity contribution is 0.450. The second kappa shape index (κ2) is 5.45. The van der Waals surface area contributed by atoms with Gasteiger partial charge in [0.2, 0.25) is 0 Å². The van der Waals surface area contributed by atoms with Crippen LogP contribution in [-0.4, -0.2) is 9.55 Å². The summed E-state index contributed by atoms with van der Waals surface area (Å²) in [5, 5.41) is 0. The van der Waals surface area contributed by atoms with E-state index in [-0.39, 0.29) is 5.54 Å². The van der Waals surface area contributed by atoms with E-state index in [9.17, 15) is 0 Å². The number of nitrogens with zero attached hydrogens (tertiary/aromatic N) is 2. The Morgan fingerprint density at radius 2 is 1.44 bits per heavy atom. The molecule has 0 radical (unpaired) electrons. The average molecular weight is 322 g/mol. The van der Waals surface area contributed by atoms with Gasteiger partial charge in [0.1, 0.15) is 11.4 Å². The van der Waals surface area contributed by atoms with Crippen molar-refractivity contribution in [2.45, 2.75) is 12.0 Å². The van der Waals surface area contributed by atoms with Crippen molar-refractivity contribution in [1.82, 2.24) is 9.55 Å². The van der Waals surface area contributed by atoms with E-state index in [0.29, 0.717) is 0 Å². The highest BCUT2D eigenvalue weighted by Gasteiger charge is 2.44. The predicted molar refractivity (Wildman–Crippen MR) is 100 cm³/mol. The second-order valence-electron chi connectivity index (χ2n) is 6.56. The first-order chi connectivity index (χ1) is 12.4. The molecule has 0 amide bonds. The summed E-state index contributed by atoms with van der Waals surface area (Å²) in [6.07, 6.45) is 4.93. The minimum atomic E-state index is -0.259. The topological polar surface area (TPSA) is 17.8 Å². The van der Waals surface area contributed by atoms with E-state index >= 15 is 0 Å². The molecular formula is C23H18N2.